The highest BCUT2D eigenvalue weighted by Crippen LogP contribution is 2.33. The summed E-state index contributed by atoms with van der Waals surface area (Å²) in [7, 11) is 1.67. The lowest BCUT2D eigenvalue weighted by Crippen LogP contribution is -2.24. The Hall–Kier alpha value is -1.46. The summed E-state index contributed by atoms with van der Waals surface area (Å²) < 4.78 is 6.28. The van der Waals surface area contributed by atoms with Crippen LogP contribution in [0.1, 0.15) is 33.6 Å². The van der Waals surface area contributed by atoms with Crippen molar-refractivity contribution >= 4 is 32.8 Å². The van der Waals surface area contributed by atoms with Gasteiger partial charge in [-0.3, -0.25) is 4.98 Å². The Kier molecular flexibility index (Phi) is 3.71. The molecule has 5 heteroatoms. The highest BCUT2D eigenvalue weighted by atomic mass is 79.9. The van der Waals surface area contributed by atoms with Crippen LogP contribution in [0.2, 0.25) is 0 Å². The van der Waals surface area contributed by atoms with Crippen molar-refractivity contribution < 1.29 is 14.6 Å². The van der Waals surface area contributed by atoms with Gasteiger partial charge in [-0.05, 0) is 43.0 Å². The summed E-state index contributed by atoms with van der Waals surface area (Å²) in [4.78, 5) is 16.5. The fourth-order valence-corrected chi connectivity index (χ4v) is 3.66. The molecule has 1 N–H and O–H groups in total. The third-order valence-electron chi connectivity index (χ3n) is 4.11. The second-order valence-electron chi connectivity index (χ2n) is 5.44. The van der Waals surface area contributed by atoms with E-state index in [0.29, 0.717) is 17.4 Å². The average molecular weight is 350 g/mol. The van der Waals surface area contributed by atoms with E-state index in [2.05, 4.69) is 15.9 Å². The van der Waals surface area contributed by atoms with Crippen molar-refractivity contribution in [3.05, 3.63) is 39.0 Å². The van der Waals surface area contributed by atoms with Gasteiger partial charge in [0.05, 0.1) is 17.2 Å². The van der Waals surface area contributed by atoms with Gasteiger partial charge in [0.25, 0.3) is 0 Å². The van der Waals surface area contributed by atoms with Gasteiger partial charge in [0.2, 0.25) is 0 Å². The minimum atomic E-state index is -0.895. The topological polar surface area (TPSA) is 59.4 Å². The van der Waals surface area contributed by atoms with Gasteiger partial charge in [-0.15, -0.1) is 0 Å². The normalized spacial score (nSPS) is 17.8. The Bertz CT molecular complexity index is 742. The third-order valence-corrected chi connectivity index (χ3v) is 4.57. The number of methoxy groups -OCH3 is 1. The largest absolute Gasteiger partial charge is 0.478 e. The summed E-state index contributed by atoms with van der Waals surface area (Å²) in [6, 6.07) is 3.81. The molecule has 4 nitrogen and oxygen atoms in total. The van der Waals surface area contributed by atoms with Gasteiger partial charge in [0, 0.05) is 29.1 Å². The van der Waals surface area contributed by atoms with E-state index in [1.165, 1.54) is 0 Å². The lowest BCUT2D eigenvalue weighted by atomic mass is 9.87. The van der Waals surface area contributed by atoms with Gasteiger partial charge in [0.1, 0.15) is 0 Å². The molecule has 2 aromatic rings. The lowest BCUT2D eigenvalue weighted by Gasteiger charge is -2.25. The van der Waals surface area contributed by atoms with Gasteiger partial charge in [0.15, 0.2) is 0 Å². The second kappa shape index (κ2) is 5.39. The molecular weight excluding hydrogens is 334 g/mol. The average Bonchev–Trinajstić information content (AvgIpc) is 2.44. The predicted molar refractivity (Wildman–Crippen MR) is 84.0 cm³/mol. The Labute approximate surface area is 131 Å². The van der Waals surface area contributed by atoms with Crippen LogP contribution in [0, 0.1) is 6.92 Å². The maximum Gasteiger partial charge on any atom is 0.336 e. The lowest BCUT2D eigenvalue weighted by molar-refractivity contribution is 0.0690. The van der Waals surface area contributed by atoms with Gasteiger partial charge >= 0.3 is 5.97 Å². The van der Waals surface area contributed by atoms with E-state index < -0.39 is 5.97 Å². The van der Waals surface area contributed by atoms with E-state index in [4.69, 9.17) is 9.72 Å². The number of carboxylic acids is 1. The number of aromatic carboxylic acids is 1. The number of aromatic nitrogens is 1. The monoisotopic (exact) mass is 349 g/mol. The molecule has 0 saturated carbocycles. The Morgan fingerprint density at radius 3 is 2.90 bits per heavy atom. The van der Waals surface area contributed by atoms with Crippen LogP contribution in [0.4, 0.5) is 0 Å². The molecule has 110 valence electrons. The SMILES string of the molecule is COC1CCc2nc3c(C)cc(Br)cc3c(C(=O)O)c2C1. The number of ether oxygens (including phenoxy) is 1. The van der Waals surface area contributed by atoms with E-state index in [1.54, 1.807) is 7.11 Å². The summed E-state index contributed by atoms with van der Waals surface area (Å²) in [5.74, 6) is -0.895. The number of fused-ring (bicyclic) bond motifs is 2. The fraction of sp³-hybridized carbons (Fsp3) is 0.375. The quantitative estimate of drug-likeness (QED) is 0.901. The number of pyridine rings is 1. The maximum atomic E-state index is 11.8. The molecule has 0 fully saturated rings. The number of carboxylic acid groups (broad SMARTS) is 1. The number of rotatable bonds is 2. The molecule has 0 radical (unpaired) electrons. The first-order chi connectivity index (χ1) is 10.0. The van der Waals surface area contributed by atoms with E-state index in [1.807, 2.05) is 19.1 Å². The van der Waals surface area contributed by atoms with Gasteiger partial charge in [-0.2, -0.15) is 0 Å². The number of halogens is 1. The minimum Gasteiger partial charge on any atom is -0.478 e. The van der Waals surface area contributed by atoms with E-state index in [-0.39, 0.29) is 6.10 Å². The molecule has 1 aromatic heterocycles. The molecule has 0 saturated heterocycles. The van der Waals surface area contributed by atoms with E-state index >= 15 is 0 Å². The summed E-state index contributed by atoms with van der Waals surface area (Å²) in [5, 5.41) is 10.4. The van der Waals surface area contributed by atoms with E-state index in [9.17, 15) is 9.90 Å². The number of benzene rings is 1. The van der Waals surface area contributed by atoms with Crippen molar-refractivity contribution in [1.82, 2.24) is 4.98 Å². The molecule has 0 bridgehead atoms. The van der Waals surface area contributed by atoms with Crippen molar-refractivity contribution in [2.75, 3.05) is 7.11 Å². The minimum absolute atomic E-state index is 0.0723. The van der Waals surface area contributed by atoms with Gasteiger partial charge < -0.3 is 9.84 Å². The molecule has 1 aromatic carbocycles. The molecule has 1 aliphatic rings. The van der Waals surface area contributed by atoms with Crippen molar-refractivity contribution in [3.8, 4) is 0 Å². The van der Waals surface area contributed by atoms with Crippen LogP contribution in [0.15, 0.2) is 16.6 Å². The predicted octanol–water partition coefficient (Wildman–Crippen LogP) is 3.51. The highest BCUT2D eigenvalue weighted by Gasteiger charge is 2.27. The van der Waals surface area contributed by atoms with Crippen LogP contribution in [-0.4, -0.2) is 29.3 Å². The molecule has 1 aliphatic carbocycles. The zero-order valence-electron chi connectivity index (χ0n) is 11.9. The number of carbonyl (C=O) groups is 1. The molecule has 21 heavy (non-hydrogen) atoms. The number of aryl methyl sites for hydroxylation is 2. The summed E-state index contributed by atoms with van der Waals surface area (Å²) >= 11 is 3.44. The molecule has 3 rings (SSSR count). The molecule has 0 spiro atoms. The summed E-state index contributed by atoms with van der Waals surface area (Å²) in [6.07, 6.45) is 2.33. The Morgan fingerprint density at radius 2 is 2.24 bits per heavy atom. The number of hydrogen-bond acceptors (Lipinski definition) is 3. The first kappa shape index (κ1) is 14.5. The zero-order chi connectivity index (χ0) is 15.1. The molecule has 1 atom stereocenters. The zero-order valence-corrected chi connectivity index (χ0v) is 13.5. The Balaban J connectivity index is 2.35. The van der Waals surface area contributed by atoms with Crippen LogP contribution < -0.4 is 0 Å². The molecule has 1 unspecified atom stereocenters. The van der Waals surface area contributed by atoms with Crippen LogP contribution in [0.5, 0.6) is 0 Å². The Morgan fingerprint density at radius 1 is 1.48 bits per heavy atom. The smallest absolute Gasteiger partial charge is 0.336 e. The molecule has 0 aliphatic heterocycles. The number of nitrogens with zero attached hydrogens (tertiary/aromatic N) is 1. The van der Waals surface area contributed by atoms with Crippen molar-refractivity contribution in [2.24, 2.45) is 0 Å². The van der Waals surface area contributed by atoms with Gasteiger partial charge in [-0.25, -0.2) is 4.79 Å². The summed E-state index contributed by atoms with van der Waals surface area (Å²) in [6.45, 7) is 1.96. The number of hydrogen-bond donors (Lipinski definition) is 1. The standard InChI is InChI=1S/C16H16BrNO3/c1-8-5-9(17)6-12-14(16(19)20)11-7-10(21-2)3-4-13(11)18-15(8)12/h5-6,10H,3-4,7H2,1-2H3,(H,19,20). The van der Waals surface area contributed by atoms with Crippen molar-refractivity contribution in [2.45, 2.75) is 32.3 Å². The fourth-order valence-electron chi connectivity index (χ4n) is 3.08. The molecular formula is C16H16BrNO3. The van der Waals surface area contributed by atoms with Crippen LogP contribution in [0.25, 0.3) is 10.9 Å². The first-order valence-electron chi connectivity index (χ1n) is 6.89. The van der Waals surface area contributed by atoms with Crippen LogP contribution in [0.3, 0.4) is 0 Å². The first-order valence-corrected chi connectivity index (χ1v) is 7.68. The highest BCUT2D eigenvalue weighted by molar-refractivity contribution is 9.10. The van der Waals surface area contributed by atoms with Crippen LogP contribution >= 0.6 is 15.9 Å². The van der Waals surface area contributed by atoms with Crippen molar-refractivity contribution in [3.63, 3.8) is 0 Å². The van der Waals surface area contributed by atoms with E-state index in [0.717, 1.165) is 39.7 Å². The van der Waals surface area contributed by atoms with Crippen molar-refractivity contribution in [1.29, 1.82) is 0 Å². The third kappa shape index (κ3) is 2.45. The maximum absolute atomic E-state index is 11.8. The molecule has 1 heterocycles. The second-order valence-corrected chi connectivity index (χ2v) is 6.35. The van der Waals surface area contributed by atoms with Crippen LogP contribution in [-0.2, 0) is 17.6 Å². The molecule has 0 amide bonds. The van der Waals surface area contributed by atoms with Gasteiger partial charge in [-0.1, -0.05) is 15.9 Å². The summed E-state index contributed by atoms with van der Waals surface area (Å²) in [5.41, 5.74) is 3.87.